The molecule has 5 heteroatoms. The van der Waals surface area contributed by atoms with Crippen LogP contribution in [0.3, 0.4) is 0 Å². The number of nitrogens with one attached hydrogen (secondary N) is 1. The Morgan fingerprint density at radius 2 is 2.29 bits per heavy atom. The Morgan fingerprint density at radius 1 is 1.54 bits per heavy atom. The Morgan fingerprint density at radius 3 is 2.92 bits per heavy atom. The van der Waals surface area contributed by atoms with Crippen LogP contribution in [-0.2, 0) is 0 Å². The zero-order valence-corrected chi connectivity index (χ0v) is 15.9. The number of rotatable bonds is 5. The smallest absolute Gasteiger partial charge is 0.168 e. The number of aliphatic imine (C=N–C) groups is 2. The lowest BCUT2D eigenvalue weighted by Crippen LogP contribution is -2.39. The Hall–Kier alpha value is -1.81. The molecule has 1 N–H and O–H groups in total. The molecule has 0 bridgehead atoms. The van der Waals surface area contributed by atoms with Crippen molar-refractivity contribution in [3.05, 3.63) is 46.6 Å². The quantitative estimate of drug-likeness (QED) is 0.644. The fourth-order valence-corrected chi connectivity index (χ4v) is 3.00. The summed E-state index contributed by atoms with van der Waals surface area (Å²) >= 11 is 6.10. The van der Waals surface area contributed by atoms with Gasteiger partial charge in [0.25, 0.3) is 0 Å². The molecule has 0 saturated heterocycles. The Bertz CT molecular complexity index is 663. The minimum Gasteiger partial charge on any atom is -0.352 e. The van der Waals surface area contributed by atoms with Crippen LogP contribution in [0.15, 0.2) is 46.0 Å². The van der Waals surface area contributed by atoms with Crippen molar-refractivity contribution in [2.75, 3.05) is 20.1 Å². The molecule has 2 unspecified atom stereocenters. The van der Waals surface area contributed by atoms with Crippen LogP contribution in [0.1, 0.15) is 39.2 Å². The maximum Gasteiger partial charge on any atom is 0.168 e. The molecule has 1 aliphatic rings. The second-order valence-electron chi connectivity index (χ2n) is 6.22. The van der Waals surface area contributed by atoms with Gasteiger partial charge in [0.05, 0.1) is 6.04 Å². The van der Waals surface area contributed by atoms with E-state index in [1.807, 2.05) is 24.4 Å². The van der Waals surface area contributed by atoms with E-state index in [0.717, 1.165) is 29.8 Å². The standard InChI is InChI=1S/C19H27ClN4/c1-6-24-12-14(3)23-19(24)18(21-5)22-11-13(2)15(4)16-8-7-9-17(20)10-16/h7-11,14-15H,6,12H2,1-5H3,(H,21,22)/b13-11+. The number of benzene rings is 1. The van der Waals surface area contributed by atoms with E-state index in [0.29, 0.717) is 6.04 Å². The normalized spacial score (nSPS) is 20.2. The zero-order valence-electron chi connectivity index (χ0n) is 15.2. The van der Waals surface area contributed by atoms with Crippen molar-refractivity contribution in [1.29, 1.82) is 0 Å². The van der Waals surface area contributed by atoms with Gasteiger partial charge >= 0.3 is 0 Å². The van der Waals surface area contributed by atoms with Gasteiger partial charge in [0.15, 0.2) is 11.7 Å². The Labute approximate surface area is 150 Å². The third-order valence-corrected chi connectivity index (χ3v) is 4.65. The average molecular weight is 347 g/mol. The van der Waals surface area contributed by atoms with E-state index < -0.39 is 0 Å². The number of halogens is 1. The van der Waals surface area contributed by atoms with Gasteiger partial charge < -0.3 is 10.2 Å². The Kier molecular flexibility index (Phi) is 6.44. The van der Waals surface area contributed by atoms with Crippen molar-refractivity contribution in [3.8, 4) is 0 Å². The molecule has 1 aromatic carbocycles. The van der Waals surface area contributed by atoms with Gasteiger partial charge in [0, 0.05) is 37.3 Å². The minimum atomic E-state index is 0.279. The van der Waals surface area contributed by atoms with Crippen LogP contribution in [0.5, 0.6) is 0 Å². The lowest BCUT2D eigenvalue weighted by atomic mass is 9.95. The maximum atomic E-state index is 6.10. The summed E-state index contributed by atoms with van der Waals surface area (Å²) in [7, 11) is 1.80. The zero-order chi connectivity index (χ0) is 17.7. The van der Waals surface area contributed by atoms with Gasteiger partial charge in [-0.05, 0) is 38.5 Å². The largest absolute Gasteiger partial charge is 0.352 e. The molecule has 0 fully saturated rings. The lowest BCUT2D eigenvalue weighted by Gasteiger charge is -2.20. The summed E-state index contributed by atoms with van der Waals surface area (Å²) in [5.41, 5.74) is 2.42. The fourth-order valence-electron chi connectivity index (χ4n) is 2.80. The van der Waals surface area contributed by atoms with Crippen molar-refractivity contribution in [2.24, 2.45) is 9.98 Å². The summed E-state index contributed by atoms with van der Waals surface area (Å²) in [6.45, 7) is 10.5. The maximum absolute atomic E-state index is 6.10. The first-order valence-electron chi connectivity index (χ1n) is 8.44. The van der Waals surface area contributed by atoms with Crippen LogP contribution < -0.4 is 5.32 Å². The molecule has 0 aliphatic carbocycles. The topological polar surface area (TPSA) is 40.0 Å². The fraction of sp³-hybridized carbons (Fsp3) is 0.474. The van der Waals surface area contributed by atoms with E-state index in [9.17, 15) is 0 Å². The van der Waals surface area contributed by atoms with Crippen molar-refractivity contribution in [1.82, 2.24) is 10.2 Å². The highest BCUT2D eigenvalue weighted by Gasteiger charge is 2.24. The van der Waals surface area contributed by atoms with E-state index in [1.165, 1.54) is 11.1 Å². The SMILES string of the molecule is CCN1CC(C)N=C1C(=NC)N/C=C(\C)C(C)c1cccc(Cl)c1. The number of allylic oxidation sites excluding steroid dienone is 1. The van der Waals surface area contributed by atoms with Crippen LogP contribution >= 0.6 is 11.6 Å². The molecule has 1 heterocycles. The summed E-state index contributed by atoms with van der Waals surface area (Å²) in [4.78, 5) is 11.3. The molecule has 0 spiro atoms. The highest BCUT2D eigenvalue weighted by atomic mass is 35.5. The van der Waals surface area contributed by atoms with Crippen molar-refractivity contribution in [2.45, 2.75) is 39.7 Å². The minimum absolute atomic E-state index is 0.279. The molecule has 0 radical (unpaired) electrons. The third-order valence-electron chi connectivity index (χ3n) is 4.41. The van der Waals surface area contributed by atoms with E-state index in [-0.39, 0.29) is 5.92 Å². The summed E-state index contributed by atoms with van der Waals surface area (Å²) < 4.78 is 0. The van der Waals surface area contributed by atoms with Gasteiger partial charge in [-0.1, -0.05) is 36.2 Å². The van der Waals surface area contributed by atoms with Gasteiger partial charge in [-0.25, -0.2) is 0 Å². The first kappa shape index (κ1) is 18.5. The summed E-state index contributed by atoms with van der Waals surface area (Å²) in [5, 5.41) is 4.11. The first-order chi connectivity index (χ1) is 11.5. The number of hydrogen-bond donors (Lipinski definition) is 1. The highest BCUT2D eigenvalue weighted by molar-refractivity contribution is 6.41. The summed E-state index contributed by atoms with van der Waals surface area (Å²) in [5.74, 6) is 2.05. The molecule has 0 aromatic heterocycles. The molecule has 130 valence electrons. The lowest BCUT2D eigenvalue weighted by molar-refractivity contribution is 0.456. The van der Waals surface area contributed by atoms with Gasteiger partial charge in [0.1, 0.15) is 0 Å². The molecule has 2 rings (SSSR count). The van der Waals surface area contributed by atoms with Crippen molar-refractivity contribution in [3.63, 3.8) is 0 Å². The van der Waals surface area contributed by atoms with E-state index in [1.54, 1.807) is 7.05 Å². The predicted octanol–water partition coefficient (Wildman–Crippen LogP) is 4.09. The van der Waals surface area contributed by atoms with Crippen LogP contribution in [0.2, 0.25) is 5.02 Å². The van der Waals surface area contributed by atoms with Gasteiger partial charge in [-0.2, -0.15) is 0 Å². The molecule has 24 heavy (non-hydrogen) atoms. The first-order valence-corrected chi connectivity index (χ1v) is 8.82. The van der Waals surface area contributed by atoms with Gasteiger partial charge in [0.2, 0.25) is 0 Å². The third kappa shape index (κ3) is 4.38. The molecule has 4 nitrogen and oxygen atoms in total. The average Bonchev–Trinajstić information content (AvgIpc) is 2.95. The number of amidine groups is 2. The predicted molar refractivity (Wildman–Crippen MR) is 104 cm³/mol. The van der Waals surface area contributed by atoms with Gasteiger partial charge in [-0.15, -0.1) is 0 Å². The Balaban J connectivity index is 2.11. The molecule has 0 saturated carbocycles. The molecule has 2 atom stereocenters. The number of hydrogen-bond acceptors (Lipinski definition) is 3. The molecule has 1 aromatic rings. The van der Waals surface area contributed by atoms with Crippen LogP contribution in [-0.4, -0.2) is 42.8 Å². The monoisotopic (exact) mass is 346 g/mol. The van der Waals surface area contributed by atoms with Gasteiger partial charge in [-0.3, -0.25) is 9.98 Å². The summed E-state index contributed by atoms with van der Waals surface area (Å²) in [6, 6.07) is 8.32. The highest BCUT2D eigenvalue weighted by Crippen LogP contribution is 2.25. The van der Waals surface area contributed by atoms with E-state index in [4.69, 9.17) is 16.6 Å². The van der Waals surface area contributed by atoms with E-state index in [2.05, 4.69) is 49.0 Å². The van der Waals surface area contributed by atoms with Crippen LogP contribution in [0.4, 0.5) is 0 Å². The second kappa shape index (κ2) is 8.34. The molecule has 1 aliphatic heterocycles. The molecule has 0 amide bonds. The second-order valence-corrected chi connectivity index (χ2v) is 6.66. The van der Waals surface area contributed by atoms with Crippen molar-refractivity contribution < 1.29 is 0 Å². The molecular weight excluding hydrogens is 320 g/mol. The summed E-state index contributed by atoms with van der Waals surface area (Å²) in [6.07, 6.45) is 2.02. The number of likely N-dealkylation sites (N-methyl/N-ethyl adjacent to an activating group) is 1. The molecular formula is C19H27ClN4. The van der Waals surface area contributed by atoms with Crippen molar-refractivity contribution >= 4 is 23.3 Å². The number of nitrogens with zero attached hydrogens (tertiary/aromatic N) is 3. The van der Waals surface area contributed by atoms with Crippen LogP contribution in [0, 0.1) is 0 Å². The van der Waals surface area contributed by atoms with Crippen LogP contribution in [0.25, 0.3) is 0 Å². The van der Waals surface area contributed by atoms with E-state index >= 15 is 0 Å².